The minimum Gasteiger partial charge on any atom is -0.548 e. The molecule has 2 rings (SSSR count). The number of carboxylic acids is 1. The van der Waals surface area contributed by atoms with Crippen LogP contribution >= 0.6 is 0 Å². The molecule has 0 aliphatic heterocycles. The SMILES string of the molecule is CCCCc1cc(=O)oc2c(C)c(O[C@@H](C)C(=O)N[C@@H](CCC)C(=O)[O-])ccc12. The Hall–Kier alpha value is -2.83. The molecule has 0 radical (unpaired) electrons. The summed E-state index contributed by atoms with van der Waals surface area (Å²) in [4.78, 5) is 35.4. The maximum atomic E-state index is 12.3. The highest BCUT2D eigenvalue weighted by Gasteiger charge is 2.21. The molecule has 1 aromatic heterocycles. The van der Waals surface area contributed by atoms with Crippen LogP contribution < -0.4 is 20.8 Å². The third-order valence-corrected chi connectivity index (χ3v) is 4.85. The van der Waals surface area contributed by atoms with Gasteiger partial charge in [-0.1, -0.05) is 26.7 Å². The van der Waals surface area contributed by atoms with Gasteiger partial charge in [0.25, 0.3) is 5.91 Å². The average Bonchev–Trinajstić information content (AvgIpc) is 2.67. The van der Waals surface area contributed by atoms with Crippen LogP contribution in [0.2, 0.25) is 0 Å². The fourth-order valence-electron chi connectivity index (χ4n) is 3.18. The van der Waals surface area contributed by atoms with Crippen LogP contribution in [-0.2, 0) is 16.0 Å². The summed E-state index contributed by atoms with van der Waals surface area (Å²) in [5.41, 5.74) is 1.55. The van der Waals surface area contributed by atoms with Crippen molar-refractivity contribution in [1.82, 2.24) is 5.32 Å². The second kappa shape index (κ2) is 10.1. The molecule has 1 aromatic carbocycles. The van der Waals surface area contributed by atoms with Gasteiger partial charge in [0.05, 0.1) is 12.0 Å². The van der Waals surface area contributed by atoms with Crippen molar-refractivity contribution < 1.29 is 23.8 Å². The number of hydrogen-bond acceptors (Lipinski definition) is 6. The Labute approximate surface area is 170 Å². The Bertz CT molecular complexity index is 933. The van der Waals surface area contributed by atoms with E-state index in [1.807, 2.05) is 13.0 Å². The van der Waals surface area contributed by atoms with Crippen molar-refractivity contribution in [3.63, 3.8) is 0 Å². The minimum absolute atomic E-state index is 0.279. The van der Waals surface area contributed by atoms with Gasteiger partial charge in [-0.15, -0.1) is 0 Å². The van der Waals surface area contributed by atoms with Gasteiger partial charge in [0, 0.05) is 17.0 Å². The van der Waals surface area contributed by atoms with E-state index < -0.39 is 29.6 Å². The Kier molecular flexibility index (Phi) is 7.82. The van der Waals surface area contributed by atoms with E-state index in [9.17, 15) is 19.5 Å². The summed E-state index contributed by atoms with van der Waals surface area (Å²) in [7, 11) is 0. The van der Waals surface area contributed by atoms with Crippen LogP contribution in [0.1, 0.15) is 57.6 Å². The van der Waals surface area contributed by atoms with Crippen molar-refractivity contribution in [1.29, 1.82) is 0 Å². The van der Waals surface area contributed by atoms with Crippen LogP contribution in [0.5, 0.6) is 5.75 Å². The molecule has 1 N–H and O–H groups in total. The van der Waals surface area contributed by atoms with Gasteiger partial charge in [-0.25, -0.2) is 4.79 Å². The molecule has 2 atom stereocenters. The van der Waals surface area contributed by atoms with Gasteiger partial charge in [-0.3, -0.25) is 4.79 Å². The van der Waals surface area contributed by atoms with Crippen molar-refractivity contribution in [2.75, 3.05) is 0 Å². The number of nitrogens with one attached hydrogen (secondary N) is 1. The second-order valence-corrected chi connectivity index (χ2v) is 7.19. The first-order valence-electron chi connectivity index (χ1n) is 10.0. The minimum atomic E-state index is -1.32. The molecule has 158 valence electrons. The zero-order valence-corrected chi connectivity index (χ0v) is 17.4. The maximum Gasteiger partial charge on any atom is 0.336 e. The Balaban J connectivity index is 2.25. The molecule has 2 aromatic rings. The molecule has 0 spiro atoms. The van der Waals surface area contributed by atoms with Crippen LogP contribution in [-0.4, -0.2) is 24.0 Å². The number of unbranched alkanes of at least 4 members (excludes halogenated alkanes) is 1. The zero-order chi connectivity index (χ0) is 21.6. The molecule has 0 fully saturated rings. The summed E-state index contributed by atoms with van der Waals surface area (Å²) in [6.07, 6.45) is 2.70. The third-order valence-electron chi connectivity index (χ3n) is 4.85. The number of carbonyl (C=O) groups excluding carboxylic acids is 2. The van der Waals surface area contributed by atoms with E-state index in [4.69, 9.17) is 9.15 Å². The monoisotopic (exact) mass is 402 g/mol. The molecule has 0 aliphatic carbocycles. The summed E-state index contributed by atoms with van der Waals surface area (Å²) in [6.45, 7) is 7.20. The molecule has 0 saturated heterocycles. The molecule has 0 unspecified atom stereocenters. The van der Waals surface area contributed by atoms with Crippen molar-refractivity contribution >= 4 is 22.8 Å². The van der Waals surface area contributed by atoms with Crippen LogP contribution in [0.4, 0.5) is 0 Å². The summed E-state index contributed by atoms with van der Waals surface area (Å²) in [6, 6.07) is 4.01. The number of fused-ring (bicyclic) bond motifs is 1. The van der Waals surface area contributed by atoms with E-state index in [-0.39, 0.29) is 6.42 Å². The van der Waals surface area contributed by atoms with Gasteiger partial charge in [0.15, 0.2) is 6.10 Å². The number of benzene rings is 1. The van der Waals surface area contributed by atoms with Gasteiger partial charge in [-0.05, 0) is 50.8 Å². The first kappa shape index (κ1) is 22.5. The van der Waals surface area contributed by atoms with E-state index in [0.29, 0.717) is 23.3 Å². The molecule has 7 nitrogen and oxygen atoms in total. The van der Waals surface area contributed by atoms with E-state index in [0.717, 1.165) is 30.2 Å². The standard InChI is InChI=1S/C22H29NO6/c1-5-7-9-15-12-19(24)29-20-13(3)18(11-10-16(15)20)28-14(4)21(25)23-17(8-6-2)22(26)27/h10-12,14,17H,5-9H2,1-4H3,(H,23,25)(H,26,27)/p-1/t14-,17-/m0/s1. The summed E-state index contributed by atoms with van der Waals surface area (Å²) in [5, 5.41) is 14.4. The van der Waals surface area contributed by atoms with E-state index in [2.05, 4.69) is 12.2 Å². The van der Waals surface area contributed by atoms with Crippen LogP contribution in [0.15, 0.2) is 27.4 Å². The highest BCUT2D eigenvalue weighted by atomic mass is 16.5. The Morgan fingerprint density at radius 1 is 1.24 bits per heavy atom. The number of aliphatic carboxylic acids is 1. The number of amides is 1. The van der Waals surface area contributed by atoms with E-state index >= 15 is 0 Å². The molecule has 0 saturated carbocycles. The Morgan fingerprint density at radius 3 is 2.59 bits per heavy atom. The molecule has 1 amide bonds. The van der Waals surface area contributed by atoms with Crippen molar-refractivity contribution in [3.8, 4) is 5.75 Å². The number of carbonyl (C=O) groups is 2. The largest absolute Gasteiger partial charge is 0.548 e. The predicted molar refractivity (Wildman–Crippen MR) is 108 cm³/mol. The fourth-order valence-corrected chi connectivity index (χ4v) is 3.18. The van der Waals surface area contributed by atoms with Crippen LogP contribution in [0.3, 0.4) is 0 Å². The molecular weight excluding hydrogens is 374 g/mol. The van der Waals surface area contributed by atoms with Gasteiger partial charge < -0.3 is 24.4 Å². The van der Waals surface area contributed by atoms with Crippen molar-refractivity contribution in [2.45, 2.75) is 71.9 Å². The van der Waals surface area contributed by atoms with Crippen molar-refractivity contribution in [3.05, 3.63) is 39.7 Å². The lowest BCUT2D eigenvalue weighted by atomic mass is 10.0. The van der Waals surface area contributed by atoms with Crippen molar-refractivity contribution in [2.24, 2.45) is 0 Å². The molecule has 7 heteroatoms. The lowest BCUT2D eigenvalue weighted by molar-refractivity contribution is -0.308. The first-order chi connectivity index (χ1) is 13.8. The van der Waals surface area contributed by atoms with Crippen LogP contribution in [0, 0.1) is 6.92 Å². The number of ether oxygens (including phenoxy) is 1. The number of rotatable bonds is 10. The normalized spacial score (nSPS) is 13.1. The molecule has 1 heterocycles. The number of hydrogen-bond donors (Lipinski definition) is 1. The van der Waals surface area contributed by atoms with Gasteiger partial charge >= 0.3 is 5.63 Å². The summed E-state index contributed by atoms with van der Waals surface area (Å²) >= 11 is 0. The smallest absolute Gasteiger partial charge is 0.336 e. The zero-order valence-electron chi connectivity index (χ0n) is 17.4. The quantitative estimate of drug-likeness (QED) is 0.611. The van der Waals surface area contributed by atoms with E-state index in [1.165, 1.54) is 13.0 Å². The van der Waals surface area contributed by atoms with Crippen LogP contribution in [0.25, 0.3) is 11.0 Å². The molecule has 0 bridgehead atoms. The molecule has 29 heavy (non-hydrogen) atoms. The predicted octanol–water partition coefficient (Wildman–Crippen LogP) is 2.25. The van der Waals surface area contributed by atoms with Gasteiger partial charge in [0.2, 0.25) is 0 Å². The topological polar surface area (TPSA) is 109 Å². The third kappa shape index (κ3) is 5.59. The summed E-state index contributed by atoms with van der Waals surface area (Å²) < 4.78 is 11.1. The molecular formula is C22H28NO6-. The number of aryl methyl sites for hydroxylation is 2. The average molecular weight is 402 g/mol. The highest BCUT2D eigenvalue weighted by molar-refractivity contribution is 5.87. The lowest BCUT2D eigenvalue weighted by Gasteiger charge is -2.22. The second-order valence-electron chi connectivity index (χ2n) is 7.19. The molecule has 0 aliphatic rings. The Morgan fingerprint density at radius 2 is 1.97 bits per heavy atom. The first-order valence-corrected chi connectivity index (χ1v) is 10.0. The fraction of sp³-hybridized carbons (Fsp3) is 0.500. The lowest BCUT2D eigenvalue weighted by Crippen LogP contribution is -2.51. The number of carboxylic acid groups (broad SMARTS) is 1. The van der Waals surface area contributed by atoms with E-state index in [1.54, 1.807) is 13.0 Å². The highest BCUT2D eigenvalue weighted by Crippen LogP contribution is 2.29. The van der Waals surface area contributed by atoms with Gasteiger partial charge in [-0.2, -0.15) is 0 Å². The summed E-state index contributed by atoms with van der Waals surface area (Å²) in [5.74, 6) is -1.47. The van der Waals surface area contributed by atoms with Gasteiger partial charge in [0.1, 0.15) is 11.3 Å². The maximum absolute atomic E-state index is 12.3.